The van der Waals surface area contributed by atoms with Gasteiger partial charge < -0.3 is 14.2 Å². The molecule has 0 saturated heterocycles. The van der Waals surface area contributed by atoms with Crippen LogP contribution in [-0.2, 0) is 23.8 Å². The topological polar surface area (TPSA) is 74.2 Å². The summed E-state index contributed by atoms with van der Waals surface area (Å²) >= 11 is 1.96. The van der Waals surface area contributed by atoms with Crippen molar-refractivity contribution in [1.29, 1.82) is 0 Å². The molecule has 0 amide bonds. The molecular weight excluding hydrogens is 353 g/mol. The molecule has 1 atom stereocenters. The van der Waals surface area contributed by atoms with Crippen molar-refractivity contribution in [3.8, 4) is 0 Å². The van der Waals surface area contributed by atoms with Crippen LogP contribution in [0.1, 0.15) is 20.3 Å². The zero-order chi connectivity index (χ0) is 13.7. The lowest BCUT2D eigenvalue weighted by Gasteiger charge is -2.20. The van der Waals surface area contributed by atoms with Gasteiger partial charge in [0, 0.05) is 10.5 Å². The SMILES string of the molecule is COC(=O)[C@H]1C/C(=C/I)OC(C(=O)OC(C)C)=N1. The van der Waals surface area contributed by atoms with Crippen molar-refractivity contribution in [2.24, 2.45) is 4.99 Å². The van der Waals surface area contributed by atoms with Gasteiger partial charge in [-0.2, -0.15) is 0 Å². The standard InChI is InChI=1S/C11H14INO5/c1-6(2)17-11(15)9-13-8(10(14)16-3)4-7(5-12)18-9/h5-6,8H,4H2,1-3H3/b7-5-/t8-/m1/s1. The lowest BCUT2D eigenvalue weighted by molar-refractivity contribution is -0.142. The van der Waals surface area contributed by atoms with Gasteiger partial charge >= 0.3 is 17.8 Å². The zero-order valence-corrected chi connectivity index (χ0v) is 12.5. The van der Waals surface area contributed by atoms with E-state index in [0.717, 1.165) is 0 Å². The van der Waals surface area contributed by atoms with Crippen LogP contribution in [0, 0.1) is 0 Å². The summed E-state index contributed by atoms with van der Waals surface area (Å²) in [6, 6.07) is -0.764. The van der Waals surface area contributed by atoms with Crippen LogP contribution in [0.25, 0.3) is 0 Å². The van der Waals surface area contributed by atoms with Gasteiger partial charge in [-0.3, -0.25) is 0 Å². The molecule has 0 radical (unpaired) electrons. The van der Waals surface area contributed by atoms with E-state index < -0.39 is 18.0 Å². The summed E-state index contributed by atoms with van der Waals surface area (Å²) in [5, 5.41) is 0. The predicted molar refractivity (Wildman–Crippen MR) is 72.3 cm³/mol. The maximum Gasteiger partial charge on any atom is 0.394 e. The second-order valence-corrected chi connectivity index (χ2v) is 4.43. The first-order valence-corrected chi connectivity index (χ1v) is 6.56. The van der Waals surface area contributed by atoms with E-state index in [1.54, 1.807) is 17.9 Å². The second kappa shape index (κ2) is 6.72. The molecule has 0 unspecified atom stereocenters. The van der Waals surface area contributed by atoms with E-state index in [2.05, 4.69) is 9.73 Å². The van der Waals surface area contributed by atoms with Gasteiger partial charge in [0.05, 0.1) is 13.2 Å². The Bertz CT molecular complexity index is 402. The second-order valence-electron chi connectivity index (χ2n) is 3.81. The van der Waals surface area contributed by atoms with Crippen LogP contribution < -0.4 is 0 Å². The predicted octanol–water partition coefficient (Wildman–Crippen LogP) is 1.57. The molecule has 0 saturated carbocycles. The molecule has 0 aromatic carbocycles. The van der Waals surface area contributed by atoms with Crippen LogP contribution in [0.15, 0.2) is 14.8 Å². The molecule has 6 nitrogen and oxygen atoms in total. The highest BCUT2D eigenvalue weighted by atomic mass is 127. The summed E-state index contributed by atoms with van der Waals surface area (Å²) in [6.45, 7) is 3.43. The van der Waals surface area contributed by atoms with E-state index in [-0.39, 0.29) is 18.4 Å². The number of nitrogens with zero attached hydrogens (tertiary/aromatic N) is 1. The third-order valence-electron chi connectivity index (χ3n) is 2.01. The number of esters is 2. The molecule has 0 aliphatic carbocycles. The Labute approximate surface area is 119 Å². The quantitative estimate of drug-likeness (QED) is 0.559. The van der Waals surface area contributed by atoms with E-state index in [0.29, 0.717) is 5.76 Å². The average Bonchev–Trinajstić information content (AvgIpc) is 2.36. The molecule has 1 rings (SSSR count). The van der Waals surface area contributed by atoms with Gasteiger partial charge in [0.15, 0.2) is 6.04 Å². The fourth-order valence-electron chi connectivity index (χ4n) is 1.27. The van der Waals surface area contributed by atoms with Gasteiger partial charge in [0.25, 0.3) is 0 Å². The van der Waals surface area contributed by atoms with Crippen LogP contribution in [0.2, 0.25) is 0 Å². The summed E-state index contributed by atoms with van der Waals surface area (Å²) < 4.78 is 16.5. The Morgan fingerprint density at radius 3 is 2.72 bits per heavy atom. The molecule has 100 valence electrons. The number of aliphatic imine (C=N–C) groups is 1. The fourth-order valence-corrected chi connectivity index (χ4v) is 1.65. The first-order chi connectivity index (χ1) is 8.47. The maximum absolute atomic E-state index is 11.7. The van der Waals surface area contributed by atoms with E-state index in [4.69, 9.17) is 9.47 Å². The summed E-state index contributed by atoms with van der Waals surface area (Å²) in [5.41, 5.74) is 0. The minimum Gasteiger partial charge on any atom is -0.467 e. The average molecular weight is 367 g/mol. The maximum atomic E-state index is 11.7. The normalized spacial score (nSPS) is 21.3. The van der Waals surface area contributed by atoms with Gasteiger partial charge in [-0.05, 0) is 36.4 Å². The summed E-state index contributed by atoms with van der Waals surface area (Å²) in [4.78, 5) is 27.0. The number of carbonyl (C=O) groups is 2. The molecule has 18 heavy (non-hydrogen) atoms. The van der Waals surface area contributed by atoms with Crippen LogP contribution in [-0.4, -0.2) is 37.1 Å². The van der Waals surface area contributed by atoms with Crippen molar-refractivity contribution in [3.63, 3.8) is 0 Å². The van der Waals surface area contributed by atoms with E-state index in [1.165, 1.54) is 7.11 Å². The Balaban J connectivity index is 2.91. The first kappa shape index (κ1) is 14.9. The Kier molecular flexibility index (Phi) is 5.57. The molecule has 1 aliphatic rings. The van der Waals surface area contributed by atoms with Crippen molar-refractivity contribution in [1.82, 2.24) is 0 Å². The number of halogens is 1. The third-order valence-corrected chi connectivity index (χ3v) is 2.70. The van der Waals surface area contributed by atoms with E-state index in [9.17, 15) is 9.59 Å². The van der Waals surface area contributed by atoms with Gasteiger partial charge in [-0.1, -0.05) is 0 Å². The molecule has 0 spiro atoms. The third kappa shape index (κ3) is 3.97. The Hall–Kier alpha value is -1.12. The lowest BCUT2D eigenvalue weighted by atomic mass is 10.2. The first-order valence-electron chi connectivity index (χ1n) is 5.31. The molecule has 0 aromatic rings. The Morgan fingerprint density at radius 2 is 2.22 bits per heavy atom. The number of rotatable bonds is 3. The smallest absolute Gasteiger partial charge is 0.394 e. The molecule has 0 aromatic heterocycles. The molecular formula is C11H14INO5. The number of ether oxygens (including phenoxy) is 3. The highest BCUT2D eigenvalue weighted by molar-refractivity contribution is 14.1. The van der Waals surface area contributed by atoms with Crippen LogP contribution in [0.3, 0.4) is 0 Å². The van der Waals surface area contributed by atoms with Gasteiger partial charge in [-0.25, -0.2) is 14.6 Å². The van der Waals surface area contributed by atoms with Gasteiger partial charge in [0.1, 0.15) is 5.76 Å². The van der Waals surface area contributed by atoms with Crippen LogP contribution >= 0.6 is 22.6 Å². The van der Waals surface area contributed by atoms with E-state index in [1.807, 2.05) is 22.6 Å². The van der Waals surface area contributed by atoms with Gasteiger partial charge in [-0.15, -0.1) is 0 Å². The number of hydrogen-bond acceptors (Lipinski definition) is 6. The minimum absolute atomic E-state index is 0.215. The van der Waals surface area contributed by atoms with Crippen molar-refractivity contribution < 1.29 is 23.8 Å². The fraction of sp³-hybridized carbons (Fsp3) is 0.545. The molecule has 1 heterocycles. The zero-order valence-electron chi connectivity index (χ0n) is 10.3. The number of hydrogen-bond donors (Lipinski definition) is 0. The summed E-state index contributed by atoms with van der Waals surface area (Å²) in [7, 11) is 1.27. The molecule has 7 heteroatoms. The Morgan fingerprint density at radius 1 is 1.56 bits per heavy atom. The van der Waals surface area contributed by atoms with Crippen molar-refractivity contribution in [2.75, 3.05) is 7.11 Å². The molecule has 0 N–H and O–H groups in total. The highest BCUT2D eigenvalue weighted by Crippen LogP contribution is 2.20. The largest absolute Gasteiger partial charge is 0.467 e. The van der Waals surface area contributed by atoms with E-state index >= 15 is 0 Å². The minimum atomic E-state index is -0.764. The summed E-state index contributed by atoms with van der Waals surface area (Å²) in [5.74, 6) is -0.928. The highest BCUT2D eigenvalue weighted by Gasteiger charge is 2.31. The number of carbonyl (C=O) groups excluding carboxylic acids is 2. The van der Waals surface area contributed by atoms with Crippen molar-refractivity contribution in [3.05, 3.63) is 9.84 Å². The van der Waals surface area contributed by atoms with Crippen molar-refractivity contribution >= 4 is 40.4 Å². The molecule has 0 fully saturated rings. The van der Waals surface area contributed by atoms with Crippen LogP contribution in [0.5, 0.6) is 0 Å². The van der Waals surface area contributed by atoms with Gasteiger partial charge in [0.2, 0.25) is 0 Å². The summed E-state index contributed by atoms with van der Waals surface area (Å²) in [6.07, 6.45) is -0.0111. The molecule has 0 bridgehead atoms. The van der Waals surface area contributed by atoms with Crippen molar-refractivity contribution in [2.45, 2.75) is 32.4 Å². The monoisotopic (exact) mass is 367 g/mol. The molecule has 1 aliphatic heterocycles. The lowest BCUT2D eigenvalue weighted by Crippen LogP contribution is -2.33. The number of methoxy groups -OCH3 is 1. The van der Waals surface area contributed by atoms with Crippen LogP contribution in [0.4, 0.5) is 0 Å².